The Morgan fingerprint density at radius 1 is 1.27 bits per heavy atom. The number of hydrogen-bond acceptors (Lipinski definition) is 4. The number of rotatable bonds is 4. The lowest BCUT2D eigenvalue weighted by Gasteiger charge is -2.28. The summed E-state index contributed by atoms with van der Waals surface area (Å²) in [4.78, 5) is 22.7. The molecule has 0 heterocycles. The zero-order valence-corrected chi connectivity index (χ0v) is 9.88. The molecular weight excluding hydrogens is 198 g/mol. The van der Waals surface area contributed by atoms with Crippen LogP contribution in [0.1, 0.15) is 27.7 Å². The Morgan fingerprint density at radius 2 is 1.73 bits per heavy atom. The Balaban J connectivity index is 4.79. The summed E-state index contributed by atoms with van der Waals surface area (Å²) in [5.74, 6) is -1.91. The van der Waals surface area contributed by atoms with Crippen molar-refractivity contribution < 1.29 is 19.4 Å². The van der Waals surface area contributed by atoms with Crippen molar-refractivity contribution in [3.05, 3.63) is 0 Å². The summed E-state index contributed by atoms with van der Waals surface area (Å²) in [6, 6.07) is 0. The predicted molar refractivity (Wildman–Crippen MR) is 55.5 cm³/mol. The van der Waals surface area contributed by atoms with Crippen LogP contribution in [0.4, 0.5) is 0 Å². The molecule has 0 bridgehead atoms. The molecule has 1 atom stereocenters. The number of esters is 1. The van der Waals surface area contributed by atoms with Crippen LogP contribution in [0.2, 0.25) is 0 Å². The topological polar surface area (TPSA) is 75.6 Å². The van der Waals surface area contributed by atoms with Crippen molar-refractivity contribution >= 4 is 11.9 Å². The second-order valence-electron chi connectivity index (χ2n) is 4.67. The van der Waals surface area contributed by atoms with Gasteiger partial charge in [-0.1, -0.05) is 0 Å². The van der Waals surface area contributed by atoms with Gasteiger partial charge in [0, 0.05) is 6.54 Å². The molecule has 0 saturated carbocycles. The molecule has 0 unspecified atom stereocenters. The van der Waals surface area contributed by atoms with Gasteiger partial charge in [-0.15, -0.1) is 0 Å². The van der Waals surface area contributed by atoms with Crippen molar-refractivity contribution in [2.24, 2.45) is 5.41 Å². The fourth-order valence-corrected chi connectivity index (χ4v) is 0.979. The van der Waals surface area contributed by atoms with E-state index >= 15 is 0 Å². The average molecular weight is 217 g/mol. The highest BCUT2D eigenvalue weighted by Crippen LogP contribution is 2.21. The Morgan fingerprint density at radius 3 is 2.00 bits per heavy atom. The van der Waals surface area contributed by atoms with Crippen molar-refractivity contribution in [1.29, 1.82) is 0 Å². The molecule has 0 aliphatic rings. The lowest BCUT2D eigenvalue weighted by molar-refractivity contribution is -0.175. The Labute approximate surface area is 89.8 Å². The summed E-state index contributed by atoms with van der Waals surface area (Å²) in [7, 11) is 1.59. The SMILES string of the molecule is CNC[C@@](C)(C(=O)O)C(=O)OC(C)(C)C. The monoisotopic (exact) mass is 217 g/mol. The Hall–Kier alpha value is -1.10. The summed E-state index contributed by atoms with van der Waals surface area (Å²) in [6.07, 6.45) is 0. The number of aliphatic carboxylic acids is 1. The minimum atomic E-state index is -1.54. The van der Waals surface area contributed by atoms with Gasteiger partial charge in [0.2, 0.25) is 0 Å². The van der Waals surface area contributed by atoms with E-state index in [0.29, 0.717) is 0 Å². The molecule has 0 aromatic carbocycles. The maximum absolute atomic E-state index is 11.7. The number of nitrogens with one attached hydrogen (secondary N) is 1. The van der Waals surface area contributed by atoms with E-state index in [1.807, 2.05) is 0 Å². The summed E-state index contributed by atoms with van der Waals surface area (Å²) < 4.78 is 5.06. The summed E-state index contributed by atoms with van der Waals surface area (Å²) in [6.45, 7) is 6.49. The number of hydrogen-bond donors (Lipinski definition) is 2. The van der Waals surface area contributed by atoms with E-state index in [1.54, 1.807) is 27.8 Å². The highest BCUT2D eigenvalue weighted by atomic mass is 16.6. The molecule has 0 spiro atoms. The first-order valence-corrected chi connectivity index (χ1v) is 4.75. The highest BCUT2D eigenvalue weighted by molar-refractivity contribution is 5.99. The van der Waals surface area contributed by atoms with Crippen LogP contribution in [-0.4, -0.2) is 36.2 Å². The first-order valence-electron chi connectivity index (χ1n) is 4.75. The van der Waals surface area contributed by atoms with Crippen LogP contribution in [0.25, 0.3) is 0 Å². The minimum Gasteiger partial charge on any atom is -0.480 e. The van der Waals surface area contributed by atoms with Crippen LogP contribution < -0.4 is 5.32 Å². The van der Waals surface area contributed by atoms with Crippen LogP contribution in [-0.2, 0) is 14.3 Å². The van der Waals surface area contributed by atoms with Crippen molar-refractivity contribution in [2.45, 2.75) is 33.3 Å². The zero-order valence-electron chi connectivity index (χ0n) is 9.88. The first-order chi connectivity index (χ1) is 6.63. The lowest BCUT2D eigenvalue weighted by atomic mass is 9.90. The van der Waals surface area contributed by atoms with Gasteiger partial charge in [-0.3, -0.25) is 9.59 Å². The second-order valence-corrected chi connectivity index (χ2v) is 4.67. The molecule has 0 aliphatic heterocycles. The molecule has 0 saturated heterocycles. The van der Waals surface area contributed by atoms with Gasteiger partial charge in [-0.05, 0) is 34.7 Å². The predicted octanol–water partition coefficient (Wildman–Crippen LogP) is 0.638. The number of carboxylic acid groups (broad SMARTS) is 1. The molecule has 0 aromatic rings. The van der Waals surface area contributed by atoms with E-state index in [0.717, 1.165) is 0 Å². The van der Waals surface area contributed by atoms with Crippen molar-refractivity contribution in [1.82, 2.24) is 5.32 Å². The van der Waals surface area contributed by atoms with Crippen LogP contribution in [0.5, 0.6) is 0 Å². The fraction of sp³-hybridized carbons (Fsp3) is 0.800. The van der Waals surface area contributed by atoms with E-state index in [-0.39, 0.29) is 6.54 Å². The average Bonchev–Trinajstić information content (AvgIpc) is 2.00. The Bertz CT molecular complexity index is 257. The first kappa shape index (κ1) is 13.9. The standard InChI is InChI=1S/C10H19NO4/c1-9(2,3)15-8(14)10(4,6-11-5)7(12)13/h11H,6H2,1-5H3,(H,12,13)/t10-/m0/s1. The van der Waals surface area contributed by atoms with Gasteiger partial charge in [0.05, 0.1) is 0 Å². The summed E-state index contributed by atoms with van der Waals surface area (Å²) >= 11 is 0. The minimum absolute atomic E-state index is 0.0389. The molecule has 88 valence electrons. The van der Waals surface area contributed by atoms with E-state index in [9.17, 15) is 9.59 Å². The molecule has 5 heteroatoms. The number of carboxylic acids is 1. The third-order valence-corrected chi connectivity index (χ3v) is 1.85. The summed E-state index contributed by atoms with van der Waals surface area (Å²) in [5.41, 5.74) is -2.22. The second kappa shape index (κ2) is 4.61. The van der Waals surface area contributed by atoms with Gasteiger partial charge >= 0.3 is 11.9 Å². The van der Waals surface area contributed by atoms with Gasteiger partial charge in [0.25, 0.3) is 0 Å². The maximum Gasteiger partial charge on any atom is 0.325 e. The third kappa shape index (κ3) is 3.87. The highest BCUT2D eigenvalue weighted by Gasteiger charge is 2.43. The van der Waals surface area contributed by atoms with Gasteiger partial charge in [0.1, 0.15) is 5.60 Å². The molecule has 0 rings (SSSR count). The number of ether oxygens (including phenoxy) is 1. The molecule has 15 heavy (non-hydrogen) atoms. The van der Waals surface area contributed by atoms with Crippen LogP contribution in [0.3, 0.4) is 0 Å². The van der Waals surface area contributed by atoms with Crippen LogP contribution >= 0.6 is 0 Å². The van der Waals surface area contributed by atoms with E-state index in [4.69, 9.17) is 9.84 Å². The molecule has 0 aromatic heterocycles. The normalized spacial score (nSPS) is 15.5. The van der Waals surface area contributed by atoms with Crippen molar-refractivity contribution in [3.8, 4) is 0 Å². The van der Waals surface area contributed by atoms with Gasteiger partial charge in [-0.2, -0.15) is 0 Å². The quantitative estimate of drug-likeness (QED) is 0.534. The molecule has 0 amide bonds. The molecule has 0 radical (unpaired) electrons. The molecule has 0 aliphatic carbocycles. The largest absolute Gasteiger partial charge is 0.480 e. The Kier molecular flexibility index (Phi) is 4.27. The zero-order chi connectivity index (χ0) is 12.3. The fourth-order valence-electron chi connectivity index (χ4n) is 0.979. The van der Waals surface area contributed by atoms with Gasteiger partial charge in [-0.25, -0.2) is 0 Å². The smallest absolute Gasteiger partial charge is 0.325 e. The molecule has 0 fully saturated rings. The maximum atomic E-state index is 11.7. The van der Waals surface area contributed by atoms with Gasteiger partial charge in [0.15, 0.2) is 5.41 Å². The molecular formula is C10H19NO4. The van der Waals surface area contributed by atoms with E-state index < -0.39 is 23.0 Å². The van der Waals surface area contributed by atoms with E-state index in [1.165, 1.54) is 6.92 Å². The van der Waals surface area contributed by atoms with Crippen LogP contribution in [0.15, 0.2) is 0 Å². The summed E-state index contributed by atoms with van der Waals surface area (Å²) in [5, 5.41) is 11.7. The van der Waals surface area contributed by atoms with Crippen LogP contribution in [0, 0.1) is 5.41 Å². The lowest BCUT2D eigenvalue weighted by Crippen LogP contribution is -2.47. The number of carbonyl (C=O) groups excluding carboxylic acids is 1. The number of carbonyl (C=O) groups is 2. The third-order valence-electron chi connectivity index (χ3n) is 1.85. The van der Waals surface area contributed by atoms with Gasteiger partial charge < -0.3 is 15.2 Å². The molecule has 2 N–H and O–H groups in total. The molecule has 5 nitrogen and oxygen atoms in total. The van der Waals surface area contributed by atoms with E-state index in [2.05, 4.69) is 5.32 Å². The van der Waals surface area contributed by atoms with Crippen molar-refractivity contribution in [3.63, 3.8) is 0 Å². The van der Waals surface area contributed by atoms with Crippen molar-refractivity contribution in [2.75, 3.05) is 13.6 Å².